The molecule has 106 valence electrons. The third kappa shape index (κ3) is 2.10. The Balaban J connectivity index is 1.51. The number of nitrogens with one attached hydrogen (secondary N) is 1. The quantitative estimate of drug-likeness (QED) is 0.855. The predicted molar refractivity (Wildman–Crippen MR) is 82.2 cm³/mol. The molecular formula is C17H22N2O. The molecule has 3 nitrogen and oxygen atoms in total. The number of benzene rings is 1. The van der Waals surface area contributed by atoms with Gasteiger partial charge in [0.1, 0.15) is 0 Å². The number of nitrogens with zero attached hydrogens (tertiary/aromatic N) is 1. The van der Waals surface area contributed by atoms with Crippen molar-refractivity contribution >= 4 is 11.4 Å². The third-order valence-electron chi connectivity index (χ3n) is 4.96. The summed E-state index contributed by atoms with van der Waals surface area (Å²) in [5.74, 6) is 1.66. The lowest BCUT2D eigenvalue weighted by Crippen LogP contribution is -2.44. The number of hydrogen-bond acceptors (Lipinski definition) is 3. The molecule has 0 spiro atoms. The van der Waals surface area contributed by atoms with Crippen LogP contribution >= 0.6 is 0 Å². The number of hydrogen-bond donors (Lipinski definition) is 1. The summed E-state index contributed by atoms with van der Waals surface area (Å²) in [7, 11) is 0. The Kier molecular flexibility index (Phi) is 3.15. The van der Waals surface area contributed by atoms with E-state index in [1.807, 2.05) is 0 Å². The lowest BCUT2D eigenvalue weighted by Gasteiger charge is -2.42. The molecule has 3 unspecified atom stereocenters. The molecule has 2 aliphatic carbocycles. The van der Waals surface area contributed by atoms with E-state index in [0.717, 1.165) is 38.1 Å². The van der Waals surface area contributed by atoms with E-state index in [0.29, 0.717) is 6.04 Å². The van der Waals surface area contributed by atoms with Crippen LogP contribution in [0.3, 0.4) is 0 Å². The molecule has 4 rings (SSSR count). The fourth-order valence-electron chi connectivity index (χ4n) is 3.76. The van der Waals surface area contributed by atoms with Gasteiger partial charge in [0.2, 0.25) is 0 Å². The summed E-state index contributed by atoms with van der Waals surface area (Å²) in [6.45, 7) is 3.67. The SMILES string of the molecule is C1=CC2C(C1)CC2Nc1ccccc1N1CCOCC1. The van der Waals surface area contributed by atoms with Crippen LogP contribution in [0.15, 0.2) is 36.4 Å². The van der Waals surface area contributed by atoms with Crippen molar-refractivity contribution in [3.05, 3.63) is 36.4 Å². The Labute approximate surface area is 120 Å². The van der Waals surface area contributed by atoms with Gasteiger partial charge in [0.25, 0.3) is 0 Å². The van der Waals surface area contributed by atoms with Crippen LogP contribution in [-0.4, -0.2) is 32.3 Å². The van der Waals surface area contributed by atoms with Gasteiger partial charge in [-0.25, -0.2) is 0 Å². The smallest absolute Gasteiger partial charge is 0.0642 e. The van der Waals surface area contributed by atoms with Crippen molar-refractivity contribution in [2.45, 2.75) is 18.9 Å². The van der Waals surface area contributed by atoms with Gasteiger partial charge < -0.3 is 15.0 Å². The van der Waals surface area contributed by atoms with Gasteiger partial charge in [-0.05, 0) is 30.9 Å². The second kappa shape index (κ2) is 5.13. The highest BCUT2D eigenvalue weighted by molar-refractivity contribution is 5.70. The molecule has 1 aromatic rings. The second-order valence-corrected chi connectivity index (χ2v) is 6.10. The molecule has 3 aliphatic rings. The van der Waals surface area contributed by atoms with Gasteiger partial charge in [0.05, 0.1) is 24.6 Å². The summed E-state index contributed by atoms with van der Waals surface area (Å²) in [5.41, 5.74) is 2.62. The average molecular weight is 270 g/mol. The van der Waals surface area contributed by atoms with Gasteiger partial charge in [-0.15, -0.1) is 0 Å². The highest BCUT2D eigenvalue weighted by atomic mass is 16.5. The highest BCUT2D eigenvalue weighted by Crippen LogP contribution is 2.44. The van der Waals surface area contributed by atoms with Gasteiger partial charge in [-0.3, -0.25) is 0 Å². The first-order valence-electron chi connectivity index (χ1n) is 7.77. The zero-order valence-electron chi connectivity index (χ0n) is 11.8. The molecule has 20 heavy (non-hydrogen) atoms. The number of fused-ring (bicyclic) bond motifs is 1. The zero-order valence-corrected chi connectivity index (χ0v) is 11.8. The first-order chi connectivity index (χ1) is 9.92. The van der Waals surface area contributed by atoms with E-state index in [9.17, 15) is 0 Å². The van der Waals surface area contributed by atoms with E-state index in [1.165, 1.54) is 24.2 Å². The van der Waals surface area contributed by atoms with Crippen LogP contribution in [0, 0.1) is 11.8 Å². The molecule has 0 bridgehead atoms. The molecule has 3 heteroatoms. The lowest BCUT2D eigenvalue weighted by molar-refractivity contribution is 0.122. The highest BCUT2D eigenvalue weighted by Gasteiger charge is 2.41. The first kappa shape index (κ1) is 12.3. The van der Waals surface area contributed by atoms with E-state index in [-0.39, 0.29) is 0 Å². The van der Waals surface area contributed by atoms with Crippen molar-refractivity contribution in [1.82, 2.24) is 0 Å². The topological polar surface area (TPSA) is 24.5 Å². The minimum atomic E-state index is 0.626. The fourth-order valence-corrected chi connectivity index (χ4v) is 3.76. The van der Waals surface area contributed by atoms with E-state index in [4.69, 9.17) is 4.74 Å². The van der Waals surface area contributed by atoms with Crippen molar-refractivity contribution in [2.75, 3.05) is 36.5 Å². The summed E-state index contributed by atoms with van der Waals surface area (Å²) in [6, 6.07) is 9.34. The van der Waals surface area contributed by atoms with E-state index >= 15 is 0 Å². The number of anilines is 2. The third-order valence-corrected chi connectivity index (χ3v) is 4.96. The molecule has 0 radical (unpaired) electrons. The van der Waals surface area contributed by atoms with Gasteiger partial charge >= 0.3 is 0 Å². The number of morpholine rings is 1. The maximum atomic E-state index is 5.46. The summed E-state index contributed by atoms with van der Waals surface area (Å²) in [6.07, 6.45) is 7.36. The van der Waals surface area contributed by atoms with Crippen LogP contribution in [0.4, 0.5) is 11.4 Å². The number of rotatable bonds is 3. The van der Waals surface area contributed by atoms with Crippen molar-refractivity contribution in [3.8, 4) is 0 Å². The van der Waals surface area contributed by atoms with Crippen LogP contribution in [0.1, 0.15) is 12.8 Å². The van der Waals surface area contributed by atoms with Gasteiger partial charge in [0.15, 0.2) is 0 Å². The van der Waals surface area contributed by atoms with Crippen LogP contribution < -0.4 is 10.2 Å². The van der Waals surface area contributed by atoms with Crippen molar-refractivity contribution in [2.24, 2.45) is 11.8 Å². The van der Waals surface area contributed by atoms with E-state index in [2.05, 4.69) is 46.6 Å². The summed E-state index contributed by atoms with van der Waals surface area (Å²) >= 11 is 0. The molecule has 1 saturated heterocycles. The molecule has 1 N–H and O–H groups in total. The summed E-state index contributed by atoms with van der Waals surface area (Å²) in [4.78, 5) is 2.44. The van der Waals surface area contributed by atoms with Crippen molar-refractivity contribution < 1.29 is 4.74 Å². The minimum absolute atomic E-state index is 0.626. The van der Waals surface area contributed by atoms with Crippen molar-refractivity contribution in [3.63, 3.8) is 0 Å². The van der Waals surface area contributed by atoms with Gasteiger partial charge in [0, 0.05) is 25.0 Å². The predicted octanol–water partition coefficient (Wildman–Crippen LogP) is 2.90. The minimum Gasteiger partial charge on any atom is -0.380 e. The van der Waals surface area contributed by atoms with Crippen LogP contribution in [0.25, 0.3) is 0 Å². The molecule has 1 saturated carbocycles. The summed E-state index contributed by atoms with van der Waals surface area (Å²) < 4.78 is 5.46. The zero-order chi connectivity index (χ0) is 13.4. The monoisotopic (exact) mass is 270 g/mol. The van der Waals surface area contributed by atoms with Crippen LogP contribution in [-0.2, 0) is 4.74 Å². The fraction of sp³-hybridized carbons (Fsp3) is 0.529. The Bertz CT molecular complexity index is 507. The second-order valence-electron chi connectivity index (χ2n) is 6.10. The molecule has 1 aromatic carbocycles. The van der Waals surface area contributed by atoms with Gasteiger partial charge in [-0.1, -0.05) is 24.3 Å². The first-order valence-corrected chi connectivity index (χ1v) is 7.77. The summed E-state index contributed by atoms with van der Waals surface area (Å²) in [5, 5.41) is 3.78. The maximum absolute atomic E-state index is 5.46. The van der Waals surface area contributed by atoms with Gasteiger partial charge in [-0.2, -0.15) is 0 Å². The molecule has 1 aliphatic heterocycles. The van der Waals surface area contributed by atoms with Crippen LogP contribution in [0.5, 0.6) is 0 Å². The van der Waals surface area contributed by atoms with Crippen LogP contribution in [0.2, 0.25) is 0 Å². The molecule has 0 aromatic heterocycles. The Morgan fingerprint density at radius 3 is 2.85 bits per heavy atom. The largest absolute Gasteiger partial charge is 0.380 e. The number of para-hydroxylation sites is 2. The molecule has 1 heterocycles. The normalized spacial score (nSPS) is 31.8. The maximum Gasteiger partial charge on any atom is 0.0642 e. The molecule has 2 fully saturated rings. The molecule has 3 atom stereocenters. The number of allylic oxidation sites excluding steroid dienone is 1. The standard InChI is InChI=1S/C17H22N2O/c1-2-7-17(19-8-10-20-11-9-19)15(6-1)18-16-12-13-4-3-5-14(13)16/h1-3,5-7,13-14,16,18H,4,8-12H2. The molecular weight excluding hydrogens is 248 g/mol. The Morgan fingerprint density at radius 1 is 1.15 bits per heavy atom. The molecule has 0 amide bonds. The van der Waals surface area contributed by atoms with E-state index in [1.54, 1.807) is 0 Å². The average Bonchev–Trinajstić information content (AvgIpc) is 2.87. The van der Waals surface area contributed by atoms with Crippen molar-refractivity contribution in [1.29, 1.82) is 0 Å². The number of ether oxygens (including phenoxy) is 1. The van der Waals surface area contributed by atoms with E-state index < -0.39 is 0 Å². The lowest BCUT2D eigenvalue weighted by atomic mass is 9.71. The Morgan fingerprint density at radius 2 is 2.00 bits per heavy atom. The Hall–Kier alpha value is -1.48.